The summed E-state index contributed by atoms with van der Waals surface area (Å²) in [5.41, 5.74) is -0.457. The highest BCUT2D eigenvalue weighted by Crippen LogP contribution is 2.29. The van der Waals surface area contributed by atoms with E-state index in [2.05, 4.69) is 20.9 Å². The van der Waals surface area contributed by atoms with Crippen LogP contribution in [-0.4, -0.2) is 23.1 Å². The molecule has 0 radical (unpaired) electrons. The fraction of sp³-hybridized carbons (Fsp3) is 0.375. The molecule has 1 nitrogen and oxygen atoms in total. The summed E-state index contributed by atoms with van der Waals surface area (Å²) in [7, 11) is 0. The summed E-state index contributed by atoms with van der Waals surface area (Å²) in [6.45, 7) is 0. The third kappa shape index (κ3) is 3.13. The minimum atomic E-state index is -4.38. The molecule has 0 aromatic carbocycles. The summed E-state index contributed by atoms with van der Waals surface area (Å²) in [6, 6.07) is 0. The molecule has 0 spiro atoms. The van der Waals surface area contributed by atoms with E-state index in [0.29, 0.717) is 5.70 Å². The largest absolute Gasteiger partial charge is 0.416 e. The lowest BCUT2D eigenvalue weighted by molar-refractivity contribution is -0.0884. The van der Waals surface area contributed by atoms with Gasteiger partial charge < -0.3 is 0 Å². The van der Waals surface area contributed by atoms with E-state index in [9.17, 15) is 13.2 Å². The molecular formula is C8H6BrClF3N. The molecule has 1 rings (SSSR count). The van der Waals surface area contributed by atoms with Crippen molar-refractivity contribution in [1.29, 1.82) is 0 Å². The summed E-state index contributed by atoms with van der Waals surface area (Å²) in [5.74, 6) is 0. The Labute approximate surface area is 92.5 Å². The zero-order valence-corrected chi connectivity index (χ0v) is 9.20. The first-order valence-electron chi connectivity index (χ1n) is 3.67. The Bertz CT molecular complexity index is 306. The van der Waals surface area contributed by atoms with Crippen LogP contribution in [0.3, 0.4) is 0 Å². The number of alkyl halides is 5. The Morgan fingerprint density at radius 3 is 2.64 bits per heavy atom. The molecule has 0 fully saturated rings. The molecule has 0 aromatic rings. The quantitative estimate of drug-likeness (QED) is 0.655. The average Bonchev–Trinajstić information content (AvgIpc) is 2.26. The highest BCUT2D eigenvalue weighted by atomic mass is 79.9. The van der Waals surface area contributed by atoms with Gasteiger partial charge in [-0.15, -0.1) is 11.6 Å². The number of allylic oxidation sites excluding steroid dienone is 4. The lowest BCUT2D eigenvalue weighted by Crippen LogP contribution is -2.12. The maximum absolute atomic E-state index is 12.4. The van der Waals surface area contributed by atoms with Gasteiger partial charge in [0.2, 0.25) is 0 Å². The van der Waals surface area contributed by atoms with Crippen LogP contribution in [0.5, 0.6) is 0 Å². The second kappa shape index (κ2) is 4.49. The van der Waals surface area contributed by atoms with Crippen molar-refractivity contribution in [2.45, 2.75) is 11.6 Å². The maximum atomic E-state index is 12.4. The van der Waals surface area contributed by atoms with Crippen LogP contribution in [0, 0.1) is 0 Å². The molecule has 1 aliphatic heterocycles. The molecule has 0 bridgehead atoms. The van der Waals surface area contributed by atoms with Crippen molar-refractivity contribution in [3.8, 4) is 0 Å². The van der Waals surface area contributed by atoms with E-state index in [0.717, 1.165) is 12.2 Å². The van der Waals surface area contributed by atoms with E-state index >= 15 is 0 Å². The van der Waals surface area contributed by atoms with E-state index in [-0.39, 0.29) is 5.33 Å². The van der Waals surface area contributed by atoms with Gasteiger partial charge in [-0.3, -0.25) is 4.99 Å². The van der Waals surface area contributed by atoms with Crippen molar-refractivity contribution >= 4 is 33.7 Å². The Balaban J connectivity index is 3.04. The molecule has 1 aliphatic rings. The Morgan fingerprint density at radius 1 is 1.50 bits per heavy atom. The number of halogens is 5. The van der Waals surface area contributed by atoms with Gasteiger partial charge in [0, 0.05) is 11.5 Å². The van der Waals surface area contributed by atoms with Crippen molar-refractivity contribution in [1.82, 2.24) is 0 Å². The number of hydrogen-bond donors (Lipinski definition) is 0. The molecule has 0 amide bonds. The molecule has 6 heteroatoms. The van der Waals surface area contributed by atoms with Crippen LogP contribution < -0.4 is 0 Å². The summed E-state index contributed by atoms with van der Waals surface area (Å²) in [4.78, 5) is 3.79. The highest BCUT2D eigenvalue weighted by molar-refractivity contribution is 9.09. The third-order valence-electron chi connectivity index (χ3n) is 1.51. The van der Waals surface area contributed by atoms with Gasteiger partial charge in [0.05, 0.1) is 16.6 Å². The van der Waals surface area contributed by atoms with Crippen LogP contribution in [0.25, 0.3) is 0 Å². The first kappa shape index (κ1) is 11.8. The zero-order chi connectivity index (χ0) is 10.8. The standard InChI is InChI=1S/C8H6BrClF3N/c9-3-7-2-5(8(11,12)13)1-6(10)4-14-7/h1-2,4,6H,3H2. The Morgan fingerprint density at radius 2 is 2.14 bits per heavy atom. The number of aliphatic imine (C=N–C) groups is 1. The predicted molar refractivity (Wildman–Crippen MR) is 54.1 cm³/mol. The molecule has 0 aromatic heterocycles. The second-order valence-electron chi connectivity index (χ2n) is 2.61. The molecule has 1 atom stereocenters. The minimum absolute atomic E-state index is 0.264. The number of hydrogen-bond acceptors (Lipinski definition) is 1. The molecule has 0 saturated heterocycles. The van der Waals surface area contributed by atoms with Gasteiger partial charge in [0.25, 0.3) is 0 Å². The van der Waals surface area contributed by atoms with Gasteiger partial charge in [-0.2, -0.15) is 13.2 Å². The van der Waals surface area contributed by atoms with Crippen molar-refractivity contribution < 1.29 is 13.2 Å². The van der Waals surface area contributed by atoms with E-state index in [1.165, 1.54) is 6.21 Å². The smallest absolute Gasteiger partial charge is 0.263 e. The summed E-state index contributed by atoms with van der Waals surface area (Å²) >= 11 is 8.61. The first-order valence-corrected chi connectivity index (χ1v) is 5.23. The van der Waals surface area contributed by atoms with Crippen molar-refractivity contribution in [2.75, 3.05) is 5.33 Å². The van der Waals surface area contributed by atoms with Crippen molar-refractivity contribution in [3.63, 3.8) is 0 Å². The first-order chi connectivity index (χ1) is 6.43. The molecule has 1 heterocycles. The third-order valence-corrected chi connectivity index (χ3v) is 2.32. The van der Waals surface area contributed by atoms with E-state index in [4.69, 9.17) is 11.6 Å². The van der Waals surface area contributed by atoms with E-state index in [1.54, 1.807) is 0 Å². The van der Waals surface area contributed by atoms with Crippen LogP contribution in [-0.2, 0) is 0 Å². The van der Waals surface area contributed by atoms with Gasteiger partial charge >= 0.3 is 6.18 Å². The minimum Gasteiger partial charge on any atom is -0.263 e. The second-order valence-corrected chi connectivity index (χ2v) is 3.68. The lowest BCUT2D eigenvalue weighted by Gasteiger charge is -2.07. The number of rotatable bonds is 1. The van der Waals surface area contributed by atoms with Crippen LogP contribution in [0.2, 0.25) is 0 Å². The molecule has 78 valence electrons. The van der Waals surface area contributed by atoms with Crippen molar-refractivity contribution in [2.24, 2.45) is 4.99 Å². The fourth-order valence-electron chi connectivity index (χ4n) is 0.896. The monoisotopic (exact) mass is 287 g/mol. The Hall–Kier alpha value is -0.290. The van der Waals surface area contributed by atoms with Crippen LogP contribution in [0.15, 0.2) is 28.4 Å². The van der Waals surface area contributed by atoms with Gasteiger partial charge in [-0.1, -0.05) is 15.9 Å². The normalized spacial score (nSPS) is 22.8. The predicted octanol–water partition coefficient (Wildman–Crippen LogP) is 3.45. The summed E-state index contributed by atoms with van der Waals surface area (Å²) < 4.78 is 37.1. The maximum Gasteiger partial charge on any atom is 0.416 e. The summed E-state index contributed by atoms with van der Waals surface area (Å²) in [6.07, 6.45) is -1.20. The van der Waals surface area contributed by atoms with Gasteiger partial charge in [0.1, 0.15) is 0 Å². The highest BCUT2D eigenvalue weighted by Gasteiger charge is 2.33. The molecular weight excluding hydrogens is 282 g/mol. The summed E-state index contributed by atoms with van der Waals surface area (Å²) in [5, 5.41) is -0.556. The topological polar surface area (TPSA) is 12.4 Å². The zero-order valence-electron chi connectivity index (χ0n) is 6.85. The molecule has 0 aliphatic carbocycles. The molecule has 0 saturated carbocycles. The van der Waals surface area contributed by atoms with Gasteiger partial charge in [0.15, 0.2) is 0 Å². The number of nitrogens with zero attached hydrogens (tertiary/aromatic N) is 1. The lowest BCUT2D eigenvalue weighted by atomic mass is 10.2. The van der Waals surface area contributed by atoms with Gasteiger partial charge in [-0.05, 0) is 12.2 Å². The molecule has 0 N–H and O–H groups in total. The Kier molecular flexibility index (Phi) is 3.78. The van der Waals surface area contributed by atoms with Crippen LogP contribution in [0.4, 0.5) is 13.2 Å². The molecule has 14 heavy (non-hydrogen) atoms. The SMILES string of the molecule is FC(F)(F)C1=CC(Cl)C=NC(CBr)=C1. The van der Waals surface area contributed by atoms with E-state index < -0.39 is 17.1 Å². The van der Waals surface area contributed by atoms with Crippen molar-refractivity contribution in [3.05, 3.63) is 23.4 Å². The fourth-order valence-corrected chi connectivity index (χ4v) is 1.39. The van der Waals surface area contributed by atoms with Crippen LogP contribution in [0.1, 0.15) is 0 Å². The van der Waals surface area contributed by atoms with Crippen LogP contribution >= 0.6 is 27.5 Å². The van der Waals surface area contributed by atoms with Gasteiger partial charge in [-0.25, -0.2) is 0 Å². The average molecular weight is 288 g/mol. The molecule has 1 unspecified atom stereocenters. The van der Waals surface area contributed by atoms with E-state index in [1.807, 2.05) is 0 Å².